The van der Waals surface area contributed by atoms with Gasteiger partial charge in [0.1, 0.15) is 6.04 Å². The molecule has 0 aromatic heterocycles. The van der Waals surface area contributed by atoms with Crippen LogP contribution in [0.5, 0.6) is 5.75 Å². The molecule has 0 aliphatic carbocycles. The van der Waals surface area contributed by atoms with Gasteiger partial charge in [-0.1, -0.05) is 30.3 Å². The Bertz CT molecular complexity index is 707. The SMILES string of the molecule is NC(Cc1ccccc1)C(=O)Oc1c(F)c(F)c(F)c(F)c1F. The summed E-state index contributed by atoms with van der Waals surface area (Å²) >= 11 is 0. The average Bonchev–Trinajstić information content (AvgIpc) is 2.55. The molecule has 2 N–H and O–H groups in total. The van der Waals surface area contributed by atoms with Crippen LogP contribution in [0.25, 0.3) is 0 Å². The fourth-order valence-electron chi connectivity index (χ4n) is 1.80. The highest BCUT2D eigenvalue weighted by Gasteiger charge is 2.29. The second-order valence-electron chi connectivity index (χ2n) is 4.62. The molecule has 1 unspecified atom stereocenters. The highest BCUT2D eigenvalue weighted by Crippen LogP contribution is 2.29. The maximum atomic E-state index is 13.4. The van der Waals surface area contributed by atoms with Crippen molar-refractivity contribution in [1.82, 2.24) is 0 Å². The minimum Gasteiger partial charge on any atom is -0.419 e. The van der Waals surface area contributed by atoms with Crippen molar-refractivity contribution in [3.8, 4) is 5.75 Å². The fourth-order valence-corrected chi connectivity index (χ4v) is 1.80. The van der Waals surface area contributed by atoms with Crippen molar-refractivity contribution < 1.29 is 31.5 Å². The molecule has 3 nitrogen and oxygen atoms in total. The highest BCUT2D eigenvalue weighted by molar-refractivity contribution is 5.78. The molecule has 0 radical (unpaired) electrons. The van der Waals surface area contributed by atoms with Crippen LogP contribution in [-0.2, 0) is 11.2 Å². The molecular formula is C15H10F5NO2. The van der Waals surface area contributed by atoms with E-state index in [0.717, 1.165) is 0 Å². The molecule has 0 bridgehead atoms. The number of halogens is 5. The van der Waals surface area contributed by atoms with Crippen LogP contribution in [0.3, 0.4) is 0 Å². The van der Waals surface area contributed by atoms with Gasteiger partial charge in [0.25, 0.3) is 0 Å². The molecule has 0 aliphatic rings. The summed E-state index contributed by atoms with van der Waals surface area (Å²) in [5.41, 5.74) is 6.16. The number of rotatable bonds is 4. The van der Waals surface area contributed by atoms with Gasteiger partial charge in [-0.15, -0.1) is 0 Å². The third kappa shape index (κ3) is 3.48. The Balaban J connectivity index is 2.20. The summed E-state index contributed by atoms with van der Waals surface area (Å²) in [5, 5.41) is 0. The molecule has 0 aliphatic heterocycles. The summed E-state index contributed by atoms with van der Waals surface area (Å²) in [4.78, 5) is 11.7. The standard InChI is InChI=1S/C15H10F5NO2/c16-9-10(17)12(19)14(13(20)11(9)18)23-15(22)8(21)6-7-4-2-1-3-5-7/h1-5,8H,6,21H2. The molecule has 8 heteroatoms. The fraction of sp³-hybridized carbons (Fsp3) is 0.133. The number of hydrogen-bond donors (Lipinski definition) is 1. The van der Waals surface area contributed by atoms with Crippen LogP contribution >= 0.6 is 0 Å². The van der Waals surface area contributed by atoms with Crippen molar-refractivity contribution in [2.75, 3.05) is 0 Å². The highest BCUT2D eigenvalue weighted by atomic mass is 19.2. The average molecular weight is 331 g/mol. The Morgan fingerprint density at radius 1 is 0.913 bits per heavy atom. The van der Waals surface area contributed by atoms with E-state index < -0.39 is 46.8 Å². The van der Waals surface area contributed by atoms with Gasteiger partial charge < -0.3 is 10.5 Å². The number of ether oxygens (including phenoxy) is 1. The minimum absolute atomic E-state index is 0.0327. The lowest BCUT2D eigenvalue weighted by Crippen LogP contribution is -2.36. The lowest BCUT2D eigenvalue weighted by atomic mass is 10.1. The topological polar surface area (TPSA) is 52.3 Å². The second kappa shape index (κ2) is 6.74. The Morgan fingerprint density at radius 3 is 1.91 bits per heavy atom. The molecule has 1 atom stereocenters. The Morgan fingerprint density at radius 2 is 1.39 bits per heavy atom. The van der Waals surface area contributed by atoms with Crippen LogP contribution in [-0.4, -0.2) is 12.0 Å². The van der Waals surface area contributed by atoms with Crippen LogP contribution in [0.4, 0.5) is 22.0 Å². The van der Waals surface area contributed by atoms with E-state index >= 15 is 0 Å². The molecule has 2 aromatic rings. The van der Waals surface area contributed by atoms with Gasteiger partial charge in [-0.2, -0.15) is 8.78 Å². The maximum Gasteiger partial charge on any atom is 0.328 e. The molecule has 122 valence electrons. The van der Waals surface area contributed by atoms with E-state index in [1.807, 2.05) is 0 Å². The maximum absolute atomic E-state index is 13.4. The molecule has 0 heterocycles. The van der Waals surface area contributed by atoms with Crippen LogP contribution in [0.1, 0.15) is 5.56 Å². The van der Waals surface area contributed by atoms with Crippen molar-refractivity contribution in [2.24, 2.45) is 5.73 Å². The molecular weight excluding hydrogens is 321 g/mol. The lowest BCUT2D eigenvalue weighted by Gasteiger charge is -2.13. The van der Waals surface area contributed by atoms with Gasteiger partial charge in [0.2, 0.25) is 34.8 Å². The van der Waals surface area contributed by atoms with Crippen molar-refractivity contribution >= 4 is 5.97 Å². The zero-order chi connectivity index (χ0) is 17.1. The van der Waals surface area contributed by atoms with Gasteiger partial charge in [0.05, 0.1) is 0 Å². The van der Waals surface area contributed by atoms with E-state index in [2.05, 4.69) is 4.74 Å². The van der Waals surface area contributed by atoms with Crippen molar-refractivity contribution in [3.63, 3.8) is 0 Å². The Hall–Kier alpha value is -2.48. The third-order valence-electron chi connectivity index (χ3n) is 2.97. The first kappa shape index (κ1) is 16.9. The van der Waals surface area contributed by atoms with Gasteiger partial charge in [-0.25, -0.2) is 18.0 Å². The normalized spacial score (nSPS) is 12.1. The predicted octanol–water partition coefficient (Wildman–Crippen LogP) is 2.86. The van der Waals surface area contributed by atoms with Crippen LogP contribution < -0.4 is 10.5 Å². The van der Waals surface area contributed by atoms with Gasteiger partial charge in [0, 0.05) is 0 Å². The molecule has 2 aromatic carbocycles. The minimum atomic E-state index is -2.34. The molecule has 0 saturated carbocycles. The lowest BCUT2D eigenvalue weighted by molar-refractivity contribution is -0.136. The van der Waals surface area contributed by atoms with E-state index in [1.165, 1.54) is 0 Å². The van der Waals surface area contributed by atoms with Crippen LogP contribution in [0.2, 0.25) is 0 Å². The molecule has 0 amide bonds. The van der Waals surface area contributed by atoms with Gasteiger partial charge in [0.15, 0.2) is 0 Å². The quantitative estimate of drug-likeness (QED) is 0.308. The van der Waals surface area contributed by atoms with E-state index in [9.17, 15) is 26.7 Å². The van der Waals surface area contributed by atoms with E-state index in [1.54, 1.807) is 30.3 Å². The summed E-state index contributed by atoms with van der Waals surface area (Å²) in [7, 11) is 0. The van der Waals surface area contributed by atoms with Crippen LogP contribution in [0.15, 0.2) is 30.3 Å². The van der Waals surface area contributed by atoms with E-state index in [4.69, 9.17) is 5.73 Å². The number of hydrogen-bond acceptors (Lipinski definition) is 3. The molecule has 0 saturated heterocycles. The predicted molar refractivity (Wildman–Crippen MR) is 70.0 cm³/mol. The summed E-state index contributed by atoms with van der Waals surface area (Å²) in [6.45, 7) is 0. The van der Waals surface area contributed by atoms with E-state index in [0.29, 0.717) is 5.56 Å². The summed E-state index contributed by atoms with van der Waals surface area (Å²) < 4.78 is 70.0. The van der Waals surface area contributed by atoms with Gasteiger partial charge in [-0.3, -0.25) is 0 Å². The van der Waals surface area contributed by atoms with Crippen molar-refractivity contribution in [1.29, 1.82) is 0 Å². The molecule has 2 rings (SSSR count). The number of carbonyl (C=O) groups is 1. The molecule has 23 heavy (non-hydrogen) atoms. The zero-order valence-electron chi connectivity index (χ0n) is 11.5. The second-order valence-corrected chi connectivity index (χ2v) is 4.62. The third-order valence-corrected chi connectivity index (χ3v) is 2.97. The first-order valence-electron chi connectivity index (χ1n) is 6.35. The molecule has 0 fully saturated rings. The molecule has 0 spiro atoms. The first-order chi connectivity index (χ1) is 10.8. The Labute approximate surface area is 127 Å². The van der Waals surface area contributed by atoms with E-state index in [-0.39, 0.29) is 6.42 Å². The monoisotopic (exact) mass is 331 g/mol. The number of carbonyl (C=O) groups excluding carboxylic acids is 1. The van der Waals surface area contributed by atoms with Gasteiger partial charge >= 0.3 is 5.97 Å². The van der Waals surface area contributed by atoms with Crippen molar-refractivity contribution in [2.45, 2.75) is 12.5 Å². The van der Waals surface area contributed by atoms with Crippen LogP contribution in [0, 0.1) is 29.1 Å². The Kier molecular flexibility index (Phi) is 4.95. The number of esters is 1. The zero-order valence-corrected chi connectivity index (χ0v) is 11.5. The van der Waals surface area contributed by atoms with Gasteiger partial charge in [-0.05, 0) is 12.0 Å². The smallest absolute Gasteiger partial charge is 0.328 e. The van der Waals surface area contributed by atoms with Crippen molar-refractivity contribution in [3.05, 3.63) is 65.0 Å². The largest absolute Gasteiger partial charge is 0.419 e. The first-order valence-corrected chi connectivity index (χ1v) is 6.35. The summed E-state index contributed by atoms with van der Waals surface area (Å²) in [5.74, 6) is -14.2. The number of benzene rings is 2. The number of nitrogens with two attached hydrogens (primary N) is 1. The summed E-state index contributed by atoms with van der Waals surface area (Å²) in [6, 6.07) is 7.03. The summed E-state index contributed by atoms with van der Waals surface area (Å²) in [6.07, 6.45) is -0.0327.